The number of anilines is 1. The number of thiophene rings is 1. The fraction of sp³-hybridized carbons (Fsp3) is 0.467. The van der Waals surface area contributed by atoms with E-state index in [4.69, 9.17) is 9.90 Å². The van der Waals surface area contributed by atoms with Crippen LogP contribution in [0.3, 0.4) is 0 Å². The van der Waals surface area contributed by atoms with E-state index >= 15 is 0 Å². The smallest absolute Gasteiger partial charge is 0.416 e. The molecule has 222 valence electrons. The predicted molar refractivity (Wildman–Crippen MR) is 152 cm³/mol. The lowest BCUT2D eigenvalue weighted by Gasteiger charge is -2.41. The molecule has 2 aromatic heterocycles. The number of aromatic nitrogens is 1. The number of hydrogen-bond acceptors (Lipinski definition) is 7. The van der Waals surface area contributed by atoms with Crippen molar-refractivity contribution in [2.24, 2.45) is 0 Å². The van der Waals surface area contributed by atoms with Gasteiger partial charge in [-0.2, -0.15) is 13.2 Å². The number of nitrogens with zero attached hydrogens (tertiary/aromatic N) is 3. The summed E-state index contributed by atoms with van der Waals surface area (Å²) >= 11 is 1.40. The van der Waals surface area contributed by atoms with Crippen LogP contribution in [-0.2, 0) is 33.5 Å². The lowest BCUT2D eigenvalue weighted by Crippen LogP contribution is -2.46. The molecule has 2 N–H and O–H groups in total. The number of halogens is 3. The number of amides is 2. The topological polar surface area (TPSA) is 103 Å². The number of nitrogens with one attached hydrogen (secondary N) is 1. The molecule has 0 bridgehead atoms. The van der Waals surface area contributed by atoms with Gasteiger partial charge in [0, 0.05) is 65.4 Å². The van der Waals surface area contributed by atoms with Gasteiger partial charge < -0.3 is 15.3 Å². The van der Waals surface area contributed by atoms with E-state index in [9.17, 15) is 22.8 Å². The maximum atomic E-state index is 14.1. The van der Waals surface area contributed by atoms with E-state index in [1.807, 2.05) is 6.07 Å². The second-order valence-electron chi connectivity index (χ2n) is 11.5. The number of likely N-dealkylation sites (tertiary alicyclic amines) is 1. The molecule has 1 aliphatic carbocycles. The van der Waals surface area contributed by atoms with E-state index in [2.05, 4.69) is 15.2 Å². The Hall–Kier alpha value is -3.51. The minimum Gasteiger partial charge on any atom is -0.483 e. The molecule has 0 unspecified atom stereocenters. The molecule has 3 fully saturated rings. The van der Waals surface area contributed by atoms with Crippen LogP contribution in [0.4, 0.5) is 18.9 Å². The maximum Gasteiger partial charge on any atom is 0.416 e. The van der Waals surface area contributed by atoms with Crippen LogP contribution in [0.5, 0.6) is 0 Å². The summed E-state index contributed by atoms with van der Waals surface area (Å²) < 4.78 is 43.1. The first-order valence-corrected chi connectivity index (χ1v) is 15.0. The number of hydrogen-bond donors (Lipinski definition) is 2. The molecule has 1 aromatic carbocycles. The monoisotopic (exact) mass is 600 g/mol. The zero-order valence-corrected chi connectivity index (χ0v) is 23.7. The second-order valence-corrected chi connectivity index (χ2v) is 12.6. The molecule has 5 heterocycles. The first kappa shape index (κ1) is 28.6. The van der Waals surface area contributed by atoms with E-state index in [1.165, 1.54) is 34.8 Å². The summed E-state index contributed by atoms with van der Waals surface area (Å²) in [5.74, 6) is -0.384. The Kier molecular flexibility index (Phi) is 7.46. The van der Waals surface area contributed by atoms with Crippen LogP contribution >= 0.6 is 11.3 Å². The van der Waals surface area contributed by atoms with Gasteiger partial charge in [0.1, 0.15) is 0 Å². The SMILES string of the molecule is O=C1CCC(=O)N1Cc1cc2nccc(-c3cc(C(F)(F)F)cc4c3N([C@@H]3CNC5(CCC5)C3)CCC4)c2s1.O=CO. The molecule has 7 rings (SSSR count). The van der Waals surface area contributed by atoms with Crippen molar-refractivity contribution in [2.75, 3.05) is 18.0 Å². The Morgan fingerprint density at radius 3 is 2.48 bits per heavy atom. The molecule has 2 amide bonds. The van der Waals surface area contributed by atoms with Crippen LogP contribution in [0.1, 0.15) is 60.9 Å². The highest BCUT2D eigenvalue weighted by molar-refractivity contribution is 7.19. The van der Waals surface area contributed by atoms with Crippen LogP contribution in [0.15, 0.2) is 30.5 Å². The number of carbonyl (C=O) groups excluding carboxylic acids is 2. The molecule has 8 nitrogen and oxygen atoms in total. The highest BCUT2D eigenvalue weighted by atomic mass is 32.1. The number of pyridine rings is 1. The van der Waals surface area contributed by atoms with Crippen molar-refractivity contribution in [2.45, 2.75) is 75.7 Å². The summed E-state index contributed by atoms with van der Waals surface area (Å²) in [4.78, 5) is 41.7. The van der Waals surface area contributed by atoms with Crippen LogP contribution in [0.2, 0.25) is 0 Å². The van der Waals surface area contributed by atoms with Crippen molar-refractivity contribution >= 4 is 45.5 Å². The molecule has 42 heavy (non-hydrogen) atoms. The number of aryl methyl sites for hydroxylation is 1. The summed E-state index contributed by atoms with van der Waals surface area (Å²) in [5, 5.41) is 10.6. The summed E-state index contributed by atoms with van der Waals surface area (Å²) in [7, 11) is 0. The number of imide groups is 1. The largest absolute Gasteiger partial charge is 0.483 e. The minimum absolute atomic E-state index is 0.167. The Morgan fingerprint density at radius 2 is 1.83 bits per heavy atom. The molecule has 2 saturated heterocycles. The molecule has 4 aliphatic rings. The maximum absolute atomic E-state index is 14.1. The van der Waals surface area contributed by atoms with Crippen LogP contribution in [0.25, 0.3) is 21.3 Å². The zero-order valence-electron chi connectivity index (χ0n) is 22.9. The van der Waals surface area contributed by atoms with E-state index in [-0.39, 0.29) is 49.3 Å². The first-order valence-electron chi connectivity index (χ1n) is 14.2. The van der Waals surface area contributed by atoms with Gasteiger partial charge in [0.15, 0.2) is 0 Å². The molecule has 1 atom stereocenters. The van der Waals surface area contributed by atoms with Crippen molar-refractivity contribution in [1.29, 1.82) is 0 Å². The fourth-order valence-corrected chi connectivity index (χ4v) is 8.01. The number of carbonyl (C=O) groups is 3. The van der Waals surface area contributed by atoms with Gasteiger partial charge in [0.05, 0.1) is 22.3 Å². The molecular weight excluding hydrogens is 569 g/mol. The Balaban J connectivity index is 0.00000101. The van der Waals surface area contributed by atoms with Gasteiger partial charge in [0.25, 0.3) is 6.47 Å². The van der Waals surface area contributed by atoms with Crippen molar-refractivity contribution in [3.8, 4) is 11.1 Å². The third kappa shape index (κ3) is 5.15. The van der Waals surface area contributed by atoms with E-state index < -0.39 is 11.7 Å². The summed E-state index contributed by atoms with van der Waals surface area (Å²) in [6.07, 6.45) is 3.61. The molecule has 1 spiro atoms. The van der Waals surface area contributed by atoms with E-state index in [1.54, 1.807) is 12.3 Å². The van der Waals surface area contributed by atoms with Crippen molar-refractivity contribution in [1.82, 2.24) is 15.2 Å². The molecule has 3 aromatic rings. The quantitative estimate of drug-likeness (QED) is 0.307. The predicted octanol–water partition coefficient (Wildman–Crippen LogP) is 5.37. The van der Waals surface area contributed by atoms with Gasteiger partial charge in [-0.1, -0.05) is 0 Å². The number of carboxylic acid groups (broad SMARTS) is 1. The van der Waals surface area contributed by atoms with Crippen molar-refractivity contribution in [3.63, 3.8) is 0 Å². The lowest BCUT2D eigenvalue weighted by molar-refractivity contribution is -0.139. The van der Waals surface area contributed by atoms with E-state index in [0.717, 1.165) is 59.6 Å². The summed E-state index contributed by atoms with van der Waals surface area (Å²) in [6, 6.07) is 6.54. The Bertz CT molecular complexity index is 1540. The highest BCUT2D eigenvalue weighted by Crippen LogP contribution is 2.48. The van der Waals surface area contributed by atoms with Gasteiger partial charge in [-0.05, 0) is 68.4 Å². The summed E-state index contributed by atoms with van der Waals surface area (Å²) in [6.45, 7) is 1.57. The molecule has 0 radical (unpaired) electrons. The normalized spacial score (nSPS) is 21.4. The van der Waals surface area contributed by atoms with Crippen LogP contribution in [-0.4, -0.2) is 57.9 Å². The third-order valence-corrected chi connectivity index (χ3v) is 10.1. The highest BCUT2D eigenvalue weighted by Gasteiger charge is 2.46. The Morgan fingerprint density at radius 1 is 1.10 bits per heavy atom. The average molecular weight is 601 g/mol. The molecular formula is C30H31F3N4O4S. The number of fused-ring (bicyclic) bond motifs is 2. The zero-order chi connectivity index (χ0) is 29.6. The number of benzene rings is 1. The van der Waals surface area contributed by atoms with Gasteiger partial charge in [-0.25, -0.2) is 0 Å². The van der Waals surface area contributed by atoms with Gasteiger partial charge in [-0.3, -0.25) is 24.3 Å². The molecule has 12 heteroatoms. The van der Waals surface area contributed by atoms with E-state index in [0.29, 0.717) is 23.1 Å². The average Bonchev–Trinajstić information content (AvgIpc) is 3.65. The van der Waals surface area contributed by atoms with Crippen molar-refractivity contribution in [3.05, 3.63) is 46.5 Å². The lowest BCUT2D eigenvalue weighted by atomic mass is 9.75. The standard InChI is InChI=1S/C29H29F3N4O2S.CH2O2/c30-29(31,32)18-11-17-3-1-10-35(19-14-28(34-15-19)7-2-8-28)26(17)22(12-18)21-6-9-33-23-13-20(39-27(21)23)16-36-24(37)4-5-25(36)38;2-1-3/h6,9,11-13,19,34H,1-5,7-8,10,14-16H2;1H,(H,2,3)/t19-;/m0./s1. The van der Waals surface area contributed by atoms with Gasteiger partial charge in [0.2, 0.25) is 11.8 Å². The second kappa shape index (κ2) is 11.0. The number of rotatable bonds is 4. The first-order chi connectivity index (χ1) is 20.1. The molecule has 1 saturated carbocycles. The fourth-order valence-electron chi connectivity index (χ4n) is 6.88. The molecule has 3 aliphatic heterocycles. The minimum atomic E-state index is -4.46. The van der Waals surface area contributed by atoms with Gasteiger partial charge in [-0.15, -0.1) is 11.3 Å². The third-order valence-electron chi connectivity index (χ3n) is 8.96. The summed E-state index contributed by atoms with van der Waals surface area (Å²) in [5.41, 5.74) is 3.17. The number of alkyl halides is 3. The van der Waals surface area contributed by atoms with Crippen LogP contribution in [0, 0.1) is 0 Å². The van der Waals surface area contributed by atoms with Crippen LogP contribution < -0.4 is 10.2 Å². The van der Waals surface area contributed by atoms with Crippen molar-refractivity contribution < 1.29 is 32.7 Å². The Labute approximate surface area is 244 Å². The van der Waals surface area contributed by atoms with Gasteiger partial charge >= 0.3 is 6.18 Å².